The van der Waals surface area contributed by atoms with Gasteiger partial charge in [0.05, 0.1) is 6.20 Å². The van der Waals surface area contributed by atoms with Crippen LogP contribution in [0.25, 0.3) is 0 Å². The van der Waals surface area contributed by atoms with Gasteiger partial charge >= 0.3 is 0 Å². The first-order chi connectivity index (χ1) is 9.11. The van der Waals surface area contributed by atoms with Crippen LogP contribution in [0.4, 0.5) is 0 Å². The third-order valence-corrected chi connectivity index (χ3v) is 5.68. The van der Waals surface area contributed by atoms with E-state index in [2.05, 4.69) is 74.3 Å². The smallest absolute Gasteiger partial charge is 0.0521 e. The maximum Gasteiger partial charge on any atom is 0.0521 e. The van der Waals surface area contributed by atoms with Gasteiger partial charge in [0.15, 0.2) is 0 Å². The number of nitrogens with zero attached hydrogens (tertiary/aromatic N) is 2. The zero-order valence-corrected chi connectivity index (χ0v) is 14.4. The fourth-order valence-corrected chi connectivity index (χ4v) is 4.42. The lowest BCUT2D eigenvalue weighted by molar-refractivity contribution is 0.547. The van der Waals surface area contributed by atoms with Gasteiger partial charge in [-0.15, -0.1) is 0 Å². The molecule has 2 aromatic rings. The predicted octanol–water partition coefficient (Wildman–Crippen LogP) is 4.00. The highest BCUT2D eigenvalue weighted by molar-refractivity contribution is 9.09. The van der Waals surface area contributed by atoms with Gasteiger partial charge in [-0.3, -0.25) is 4.68 Å². The van der Waals surface area contributed by atoms with Gasteiger partial charge in [0.25, 0.3) is 0 Å². The average Bonchev–Trinajstić information content (AvgIpc) is 2.82. The minimum Gasteiger partial charge on any atom is -0.276 e. The molecular formula is C15H18Br2N2. The molecule has 19 heavy (non-hydrogen) atoms. The number of hydrogen-bond acceptors (Lipinski definition) is 1. The summed E-state index contributed by atoms with van der Waals surface area (Å²) >= 11 is 7.42. The highest BCUT2D eigenvalue weighted by Crippen LogP contribution is 2.34. The van der Waals surface area contributed by atoms with Crippen molar-refractivity contribution in [2.75, 3.05) is 10.7 Å². The Bertz CT molecular complexity index is 545. The van der Waals surface area contributed by atoms with Crippen molar-refractivity contribution < 1.29 is 0 Å². The summed E-state index contributed by atoms with van der Waals surface area (Å²) in [6.45, 7) is 2.18. The molecule has 102 valence electrons. The minimum absolute atomic E-state index is 0.0639. The number of hydrogen-bond donors (Lipinski definition) is 0. The second kappa shape index (κ2) is 6.23. The maximum atomic E-state index is 4.27. The van der Waals surface area contributed by atoms with Crippen LogP contribution in [0.5, 0.6) is 0 Å². The predicted molar refractivity (Wildman–Crippen MR) is 87.4 cm³/mol. The van der Waals surface area contributed by atoms with E-state index < -0.39 is 0 Å². The molecule has 2 nitrogen and oxygen atoms in total. The molecule has 4 heteroatoms. The molecule has 0 radical (unpaired) electrons. The molecular weight excluding hydrogens is 368 g/mol. The molecule has 0 fully saturated rings. The summed E-state index contributed by atoms with van der Waals surface area (Å²) in [4.78, 5) is 0. The van der Waals surface area contributed by atoms with Crippen LogP contribution < -0.4 is 0 Å². The fourth-order valence-electron chi connectivity index (χ4n) is 2.49. The Kier molecular flexibility index (Phi) is 4.85. The number of benzene rings is 1. The van der Waals surface area contributed by atoms with Crippen LogP contribution in [-0.4, -0.2) is 20.4 Å². The third-order valence-electron chi connectivity index (χ3n) is 3.53. The lowest BCUT2D eigenvalue weighted by atomic mass is 9.78. The molecule has 0 aliphatic carbocycles. The van der Waals surface area contributed by atoms with Crippen molar-refractivity contribution in [2.24, 2.45) is 7.05 Å². The fraction of sp³-hybridized carbons (Fsp3) is 0.400. The molecule has 1 aromatic heterocycles. The van der Waals surface area contributed by atoms with Crippen LogP contribution in [0.15, 0.2) is 36.7 Å². The van der Waals surface area contributed by atoms with E-state index in [1.54, 1.807) is 0 Å². The summed E-state index contributed by atoms with van der Waals surface area (Å²) in [5.41, 5.74) is 4.07. The monoisotopic (exact) mass is 384 g/mol. The summed E-state index contributed by atoms with van der Waals surface area (Å²) in [6.07, 6.45) is 5.03. The Morgan fingerprint density at radius 2 is 1.89 bits per heavy atom. The van der Waals surface area contributed by atoms with Crippen LogP contribution in [0.2, 0.25) is 0 Å². The van der Waals surface area contributed by atoms with E-state index in [1.165, 1.54) is 16.7 Å². The lowest BCUT2D eigenvalue weighted by Gasteiger charge is -2.32. The lowest BCUT2D eigenvalue weighted by Crippen LogP contribution is -2.33. The zero-order chi connectivity index (χ0) is 13.9. The van der Waals surface area contributed by atoms with Crippen molar-refractivity contribution in [3.63, 3.8) is 0 Å². The minimum atomic E-state index is 0.0639. The molecule has 0 bridgehead atoms. The standard InChI is InChI=1S/C15H18Br2N2/c1-12-5-3-4-6-14(12)15(10-16,11-17)7-13-8-18-19(2)9-13/h3-6,8-9H,7,10-11H2,1-2H3. The first kappa shape index (κ1) is 14.8. The Hall–Kier alpha value is -0.610. The van der Waals surface area contributed by atoms with Crippen molar-refractivity contribution in [1.29, 1.82) is 0 Å². The Morgan fingerprint density at radius 1 is 1.21 bits per heavy atom. The molecule has 0 N–H and O–H groups in total. The molecule has 0 unspecified atom stereocenters. The second-order valence-electron chi connectivity index (χ2n) is 5.06. The topological polar surface area (TPSA) is 17.8 Å². The number of rotatable bonds is 5. The molecule has 0 saturated carbocycles. The number of halogens is 2. The average molecular weight is 386 g/mol. The van der Waals surface area contributed by atoms with E-state index in [1.807, 2.05) is 17.9 Å². The molecule has 0 amide bonds. The van der Waals surface area contributed by atoms with E-state index >= 15 is 0 Å². The number of aryl methyl sites for hydroxylation is 2. The zero-order valence-electron chi connectivity index (χ0n) is 11.2. The van der Waals surface area contributed by atoms with Crippen LogP contribution in [0, 0.1) is 6.92 Å². The van der Waals surface area contributed by atoms with E-state index in [9.17, 15) is 0 Å². The summed E-state index contributed by atoms with van der Waals surface area (Å²) in [5, 5.41) is 6.11. The van der Waals surface area contributed by atoms with Crippen LogP contribution >= 0.6 is 31.9 Å². The summed E-state index contributed by atoms with van der Waals surface area (Å²) < 4.78 is 1.86. The van der Waals surface area contributed by atoms with Gasteiger partial charge in [-0.05, 0) is 30.0 Å². The van der Waals surface area contributed by atoms with Gasteiger partial charge in [0, 0.05) is 29.3 Å². The number of aromatic nitrogens is 2. The molecule has 0 atom stereocenters. The van der Waals surface area contributed by atoms with E-state index in [4.69, 9.17) is 0 Å². The Morgan fingerprint density at radius 3 is 2.42 bits per heavy atom. The maximum absolute atomic E-state index is 4.27. The van der Waals surface area contributed by atoms with Crippen molar-refractivity contribution in [1.82, 2.24) is 9.78 Å². The Labute approximate surface area is 131 Å². The van der Waals surface area contributed by atoms with Crippen molar-refractivity contribution in [3.8, 4) is 0 Å². The molecule has 1 aromatic carbocycles. The third kappa shape index (κ3) is 3.11. The van der Waals surface area contributed by atoms with E-state index in [0.717, 1.165) is 17.1 Å². The van der Waals surface area contributed by atoms with Gasteiger partial charge in [-0.25, -0.2) is 0 Å². The van der Waals surface area contributed by atoms with Gasteiger partial charge in [0.1, 0.15) is 0 Å². The summed E-state index contributed by atoms with van der Waals surface area (Å²) in [7, 11) is 1.96. The molecule has 0 aliphatic heterocycles. The van der Waals surface area contributed by atoms with Crippen molar-refractivity contribution >= 4 is 31.9 Å². The summed E-state index contributed by atoms with van der Waals surface area (Å²) in [6, 6.07) is 8.62. The van der Waals surface area contributed by atoms with Crippen LogP contribution in [0.3, 0.4) is 0 Å². The molecule has 0 aliphatic rings. The molecule has 0 saturated heterocycles. The highest BCUT2D eigenvalue weighted by Gasteiger charge is 2.32. The van der Waals surface area contributed by atoms with Crippen molar-refractivity contribution in [2.45, 2.75) is 18.8 Å². The second-order valence-corrected chi connectivity index (χ2v) is 6.18. The van der Waals surface area contributed by atoms with E-state index in [0.29, 0.717) is 0 Å². The highest BCUT2D eigenvalue weighted by atomic mass is 79.9. The number of alkyl halides is 2. The van der Waals surface area contributed by atoms with Gasteiger partial charge in [-0.1, -0.05) is 56.1 Å². The molecule has 1 heterocycles. The molecule has 2 rings (SSSR count). The normalized spacial score (nSPS) is 11.8. The summed E-state index contributed by atoms with van der Waals surface area (Å²) in [5.74, 6) is 0. The first-order valence-corrected chi connectivity index (χ1v) is 8.51. The van der Waals surface area contributed by atoms with Gasteiger partial charge in [0.2, 0.25) is 0 Å². The van der Waals surface area contributed by atoms with Gasteiger partial charge < -0.3 is 0 Å². The van der Waals surface area contributed by atoms with Crippen molar-refractivity contribution in [3.05, 3.63) is 53.3 Å². The van der Waals surface area contributed by atoms with Gasteiger partial charge in [-0.2, -0.15) is 5.10 Å². The van der Waals surface area contributed by atoms with Crippen LogP contribution in [-0.2, 0) is 18.9 Å². The molecule has 0 spiro atoms. The quantitative estimate of drug-likeness (QED) is 0.711. The first-order valence-electron chi connectivity index (χ1n) is 6.27. The van der Waals surface area contributed by atoms with E-state index in [-0.39, 0.29) is 5.41 Å². The Balaban J connectivity index is 2.40. The largest absolute Gasteiger partial charge is 0.276 e. The SMILES string of the molecule is Cc1ccccc1C(CBr)(CBr)Cc1cnn(C)c1. The van der Waals surface area contributed by atoms with Crippen LogP contribution in [0.1, 0.15) is 16.7 Å².